The maximum Gasteiger partial charge on any atom is 0.289 e. The molecular weight excluding hydrogens is 328 g/mol. The van der Waals surface area contributed by atoms with E-state index in [1.807, 2.05) is 17.9 Å². The summed E-state index contributed by atoms with van der Waals surface area (Å²) < 4.78 is 14.7. The summed E-state index contributed by atoms with van der Waals surface area (Å²) in [5, 5.41) is 8.24. The van der Waals surface area contributed by atoms with Crippen molar-refractivity contribution in [3.63, 3.8) is 0 Å². The van der Waals surface area contributed by atoms with Crippen LogP contribution in [0, 0.1) is 6.92 Å². The minimum Gasteiger partial charge on any atom is -0.459 e. The molecule has 3 aromatic rings. The topological polar surface area (TPSA) is 85.3 Å². The Morgan fingerprint density at radius 3 is 3.12 bits per heavy atom. The molecule has 124 valence electrons. The fourth-order valence-electron chi connectivity index (χ4n) is 3.05. The Morgan fingerprint density at radius 1 is 1.46 bits per heavy atom. The largest absolute Gasteiger partial charge is 0.459 e. The highest BCUT2D eigenvalue weighted by Crippen LogP contribution is 2.35. The number of furan rings is 1. The van der Waals surface area contributed by atoms with Gasteiger partial charge in [0.15, 0.2) is 11.5 Å². The van der Waals surface area contributed by atoms with Crippen LogP contribution in [-0.4, -0.2) is 38.6 Å². The van der Waals surface area contributed by atoms with E-state index >= 15 is 0 Å². The van der Waals surface area contributed by atoms with E-state index in [-0.39, 0.29) is 11.8 Å². The molecule has 1 saturated heterocycles. The molecular formula is C16H16N4O3S. The highest BCUT2D eigenvalue weighted by Gasteiger charge is 2.30. The van der Waals surface area contributed by atoms with Crippen LogP contribution < -0.4 is 0 Å². The number of carbonyl (C=O) groups excluding carboxylic acids is 1. The molecule has 0 spiro atoms. The summed E-state index contributed by atoms with van der Waals surface area (Å²) in [4.78, 5) is 15.2. The van der Waals surface area contributed by atoms with Gasteiger partial charge >= 0.3 is 0 Å². The summed E-state index contributed by atoms with van der Waals surface area (Å²) in [7, 11) is 0. The zero-order valence-electron chi connectivity index (χ0n) is 13.1. The lowest BCUT2D eigenvalue weighted by Crippen LogP contribution is -2.39. The van der Waals surface area contributed by atoms with E-state index in [1.165, 1.54) is 17.8 Å². The molecule has 4 heterocycles. The van der Waals surface area contributed by atoms with E-state index < -0.39 is 0 Å². The molecule has 1 aliphatic rings. The highest BCUT2D eigenvalue weighted by atomic mass is 32.1. The summed E-state index contributed by atoms with van der Waals surface area (Å²) in [5.74, 6) is 1.12. The predicted molar refractivity (Wildman–Crippen MR) is 86.7 cm³/mol. The van der Waals surface area contributed by atoms with Gasteiger partial charge in [0.2, 0.25) is 0 Å². The van der Waals surface area contributed by atoms with Crippen molar-refractivity contribution in [2.75, 3.05) is 13.1 Å². The summed E-state index contributed by atoms with van der Waals surface area (Å²) in [6.07, 6.45) is 3.40. The van der Waals surface area contributed by atoms with Crippen LogP contribution in [0.25, 0.3) is 10.6 Å². The summed E-state index contributed by atoms with van der Waals surface area (Å²) in [6.45, 7) is 3.21. The number of carbonyl (C=O) groups is 1. The fraction of sp³-hybridized carbons (Fsp3) is 0.375. The summed E-state index contributed by atoms with van der Waals surface area (Å²) in [6, 6.07) is 5.30. The van der Waals surface area contributed by atoms with Gasteiger partial charge in [-0.15, -0.1) is 5.10 Å². The molecule has 1 amide bonds. The van der Waals surface area contributed by atoms with Crippen LogP contribution in [0.2, 0.25) is 0 Å². The zero-order valence-corrected chi connectivity index (χ0v) is 14.0. The van der Waals surface area contributed by atoms with Crippen molar-refractivity contribution in [1.29, 1.82) is 0 Å². The van der Waals surface area contributed by atoms with E-state index in [0.717, 1.165) is 35.7 Å². The van der Waals surface area contributed by atoms with Gasteiger partial charge in [0.05, 0.1) is 17.7 Å². The van der Waals surface area contributed by atoms with Gasteiger partial charge in [-0.1, -0.05) is 9.64 Å². The second kappa shape index (κ2) is 6.20. The number of aromatic nitrogens is 3. The summed E-state index contributed by atoms with van der Waals surface area (Å²) in [5.41, 5.74) is 1.70. The Labute approximate surface area is 142 Å². The number of hydrogen-bond donors (Lipinski definition) is 0. The number of rotatable bonds is 3. The average molecular weight is 344 g/mol. The second-order valence-electron chi connectivity index (χ2n) is 5.89. The summed E-state index contributed by atoms with van der Waals surface area (Å²) >= 11 is 1.30. The third-order valence-corrected chi connectivity index (χ3v) is 4.95. The normalized spacial score (nSPS) is 18.0. The molecule has 1 aliphatic heterocycles. The minimum absolute atomic E-state index is 0.0788. The molecule has 7 nitrogen and oxygen atoms in total. The van der Waals surface area contributed by atoms with Crippen LogP contribution in [-0.2, 0) is 0 Å². The van der Waals surface area contributed by atoms with Gasteiger partial charge in [-0.3, -0.25) is 4.79 Å². The predicted octanol–water partition coefficient (Wildman–Crippen LogP) is 3.11. The van der Waals surface area contributed by atoms with E-state index in [4.69, 9.17) is 8.94 Å². The monoisotopic (exact) mass is 344 g/mol. The first-order valence-corrected chi connectivity index (χ1v) is 8.58. The number of piperidine rings is 1. The molecule has 0 bridgehead atoms. The Bertz CT molecular complexity index is 839. The van der Waals surface area contributed by atoms with E-state index in [2.05, 4.69) is 14.7 Å². The van der Waals surface area contributed by atoms with Crippen LogP contribution in [0.15, 0.2) is 33.4 Å². The van der Waals surface area contributed by atoms with Gasteiger partial charge in [-0.2, -0.15) is 0 Å². The maximum atomic E-state index is 12.5. The number of nitrogens with zero attached hydrogens (tertiary/aromatic N) is 4. The van der Waals surface area contributed by atoms with Gasteiger partial charge in [-0.25, -0.2) is 0 Å². The van der Waals surface area contributed by atoms with Gasteiger partial charge in [-0.05, 0) is 43.4 Å². The van der Waals surface area contributed by atoms with Crippen LogP contribution in [0.1, 0.15) is 40.7 Å². The van der Waals surface area contributed by atoms with Crippen molar-refractivity contribution in [3.8, 4) is 10.6 Å². The molecule has 1 fully saturated rings. The Morgan fingerprint density at radius 2 is 2.38 bits per heavy atom. The molecule has 24 heavy (non-hydrogen) atoms. The molecule has 0 saturated carbocycles. The molecule has 0 aliphatic carbocycles. The smallest absolute Gasteiger partial charge is 0.289 e. The van der Waals surface area contributed by atoms with Gasteiger partial charge < -0.3 is 13.8 Å². The van der Waals surface area contributed by atoms with Crippen molar-refractivity contribution >= 4 is 17.4 Å². The zero-order chi connectivity index (χ0) is 16.5. The third-order valence-electron chi connectivity index (χ3n) is 4.19. The first-order chi connectivity index (χ1) is 11.7. The molecule has 0 N–H and O–H groups in total. The maximum absolute atomic E-state index is 12.5. The SMILES string of the molecule is Cc1cc(-c2snnc2C2CCCN(C(=O)c3ccco3)C2)on1. The first kappa shape index (κ1) is 15.1. The van der Waals surface area contributed by atoms with Crippen molar-refractivity contribution in [3.05, 3.63) is 41.6 Å². The first-order valence-electron chi connectivity index (χ1n) is 7.81. The van der Waals surface area contributed by atoms with Crippen molar-refractivity contribution in [1.82, 2.24) is 19.6 Å². The van der Waals surface area contributed by atoms with E-state index in [9.17, 15) is 4.79 Å². The molecule has 0 radical (unpaired) electrons. The molecule has 1 unspecified atom stereocenters. The third kappa shape index (κ3) is 2.73. The Balaban J connectivity index is 1.57. The Hall–Kier alpha value is -2.48. The van der Waals surface area contributed by atoms with E-state index in [0.29, 0.717) is 18.1 Å². The lowest BCUT2D eigenvalue weighted by atomic mass is 9.93. The second-order valence-corrected chi connectivity index (χ2v) is 6.64. The van der Waals surface area contributed by atoms with Gasteiger partial charge in [0.1, 0.15) is 4.88 Å². The van der Waals surface area contributed by atoms with Crippen LogP contribution in [0.4, 0.5) is 0 Å². The van der Waals surface area contributed by atoms with Crippen LogP contribution >= 0.6 is 11.5 Å². The lowest BCUT2D eigenvalue weighted by molar-refractivity contribution is 0.0674. The number of aryl methyl sites for hydroxylation is 1. The number of likely N-dealkylation sites (tertiary alicyclic amines) is 1. The van der Waals surface area contributed by atoms with Crippen molar-refractivity contribution < 1.29 is 13.7 Å². The standard InChI is InChI=1S/C16H16N4O3S/c1-10-8-13(23-18-10)15-14(17-19-24-15)11-4-2-6-20(9-11)16(21)12-5-3-7-22-12/h3,5,7-8,11H,2,4,6,9H2,1H3. The highest BCUT2D eigenvalue weighted by molar-refractivity contribution is 7.09. The average Bonchev–Trinajstić information content (AvgIpc) is 3.35. The number of amides is 1. The molecule has 8 heteroatoms. The molecule has 0 aromatic carbocycles. The van der Waals surface area contributed by atoms with Crippen LogP contribution in [0.3, 0.4) is 0 Å². The minimum atomic E-state index is -0.0788. The molecule has 3 aromatic heterocycles. The van der Waals surface area contributed by atoms with E-state index in [1.54, 1.807) is 12.1 Å². The number of hydrogen-bond acceptors (Lipinski definition) is 7. The quantitative estimate of drug-likeness (QED) is 0.726. The fourth-order valence-corrected chi connectivity index (χ4v) is 3.74. The molecule has 4 rings (SSSR count). The van der Waals surface area contributed by atoms with Gasteiger partial charge in [0.25, 0.3) is 5.91 Å². The molecule has 1 atom stereocenters. The lowest BCUT2D eigenvalue weighted by Gasteiger charge is -2.31. The Kier molecular flexibility index (Phi) is 3.89. The van der Waals surface area contributed by atoms with Gasteiger partial charge in [0, 0.05) is 25.1 Å². The van der Waals surface area contributed by atoms with Crippen molar-refractivity contribution in [2.24, 2.45) is 0 Å². The van der Waals surface area contributed by atoms with Crippen molar-refractivity contribution in [2.45, 2.75) is 25.7 Å². The van der Waals surface area contributed by atoms with Crippen LogP contribution in [0.5, 0.6) is 0 Å².